The summed E-state index contributed by atoms with van der Waals surface area (Å²) in [7, 11) is 1.63. The summed E-state index contributed by atoms with van der Waals surface area (Å²) in [5, 5.41) is 18.2. The van der Waals surface area contributed by atoms with Crippen LogP contribution in [0.2, 0.25) is 0 Å². The summed E-state index contributed by atoms with van der Waals surface area (Å²) in [4.78, 5) is 45.8. The molecule has 3 amide bonds. The van der Waals surface area contributed by atoms with Gasteiger partial charge in [0.25, 0.3) is 5.91 Å². The largest absolute Gasteiger partial charge is 0.497 e. The SMILES string of the molecule is CCC[C@H](NC(=O)[C@@H]1C[C@@H](Oc2nc(C3CC3)cc3cc(OC)ccc23)CN1C(=O)OC(C)(C)C)C(O)C(=O)NC1CC1. The van der Waals surface area contributed by atoms with Gasteiger partial charge in [-0.3, -0.25) is 14.5 Å². The normalized spacial score (nSPS) is 21.7. The lowest BCUT2D eigenvalue weighted by Gasteiger charge is -2.29. The second-order valence-corrected chi connectivity index (χ2v) is 13.0. The first-order valence-corrected chi connectivity index (χ1v) is 15.4. The molecule has 3 fully saturated rings. The van der Waals surface area contributed by atoms with Crippen molar-refractivity contribution in [3.05, 3.63) is 30.0 Å². The number of nitrogens with zero attached hydrogens (tertiary/aromatic N) is 2. The smallest absolute Gasteiger partial charge is 0.411 e. The molecule has 11 nitrogen and oxygen atoms in total. The average molecular weight is 597 g/mol. The maximum absolute atomic E-state index is 13.7. The Bertz CT molecular complexity index is 1350. The van der Waals surface area contributed by atoms with Gasteiger partial charge in [0, 0.05) is 29.5 Å². The van der Waals surface area contributed by atoms with E-state index in [4.69, 9.17) is 19.2 Å². The number of fused-ring (bicyclic) bond motifs is 1. The van der Waals surface area contributed by atoms with Gasteiger partial charge in [-0.15, -0.1) is 0 Å². The van der Waals surface area contributed by atoms with Crippen molar-refractivity contribution in [3.63, 3.8) is 0 Å². The number of aromatic nitrogens is 1. The van der Waals surface area contributed by atoms with E-state index in [2.05, 4.69) is 16.7 Å². The molecule has 1 aromatic carbocycles. The van der Waals surface area contributed by atoms with Gasteiger partial charge in [-0.05, 0) is 82.5 Å². The van der Waals surface area contributed by atoms with Gasteiger partial charge >= 0.3 is 6.09 Å². The molecular weight excluding hydrogens is 552 g/mol. The van der Waals surface area contributed by atoms with Crippen LogP contribution < -0.4 is 20.1 Å². The molecule has 1 aliphatic heterocycles. The molecule has 3 N–H and O–H groups in total. The van der Waals surface area contributed by atoms with E-state index in [-0.39, 0.29) is 19.0 Å². The van der Waals surface area contributed by atoms with Crippen molar-refractivity contribution in [3.8, 4) is 11.6 Å². The molecule has 1 unspecified atom stereocenters. The van der Waals surface area contributed by atoms with E-state index in [0.29, 0.717) is 24.6 Å². The zero-order valence-electron chi connectivity index (χ0n) is 25.7. The highest BCUT2D eigenvalue weighted by Gasteiger charge is 2.44. The molecule has 0 spiro atoms. The zero-order valence-corrected chi connectivity index (χ0v) is 25.7. The Morgan fingerprint density at radius 3 is 2.51 bits per heavy atom. The van der Waals surface area contributed by atoms with Crippen molar-refractivity contribution >= 4 is 28.7 Å². The zero-order chi connectivity index (χ0) is 30.9. The molecule has 2 aromatic rings. The highest BCUT2D eigenvalue weighted by Crippen LogP contribution is 2.42. The summed E-state index contributed by atoms with van der Waals surface area (Å²) in [5.74, 6) is 0.603. The maximum atomic E-state index is 13.7. The number of hydrogen-bond acceptors (Lipinski definition) is 8. The summed E-state index contributed by atoms with van der Waals surface area (Å²) >= 11 is 0. The fourth-order valence-electron chi connectivity index (χ4n) is 5.44. The minimum Gasteiger partial charge on any atom is -0.497 e. The Morgan fingerprint density at radius 1 is 1.14 bits per heavy atom. The number of pyridine rings is 1. The third-order valence-electron chi connectivity index (χ3n) is 7.99. The van der Waals surface area contributed by atoms with Gasteiger partial charge in [-0.25, -0.2) is 9.78 Å². The van der Waals surface area contributed by atoms with Crippen LogP contribution in [0, 0.1) is 0 Å². The van der Waals surface area contributed by atoms with E-state index in [0.717, 1.165) is 47.9 Å². The highest BCUT2D eigenvalue weighted by atomic mass is 16.6. The molecule has 234 valence electrons. The van der Waals surface area contributed by atoms with E-state index < -0.39 is 47.8 Å². The van der Waals surface area contributed by atoms with Gasteiger partial charge in [0.15, 0.2) is 6.10 Å². The number of rotatable bonds is 11. The summed E-state index contributed by atoms with van der Waals surface area (Å²) in [6.07, 6.45) is 2.59. The highest BCUT2D eigenvalue weighted by molar-refractivity contribution is 5.89. The Balaban J connectivity index is 1.37. The molecule has 11 heteroatoms. The molecule has 1 saturated heterocycles. The number of benzene rings is 1. The lowest BCUT2D eigenvalue weighted by molar-refractivity contribution is -0.133. The van der Waals surface area contributed by atoms with Crippen molar-refractivity contribution in [2.75, 3.05) is 13.7 Å². The van der Waals surface area contributed by atoms with Crippen LogP contribution in [0.1, 0.15) is 84.3 Å². The molecule has 1 aromatic heterocycles. The molecule has 0 radical (unpaired) electrons. The van der Waals surface area contributed by atoms with Gasteiger partial charge in [-0.2, -0.15) is 0 Å². The van der Waals surface area contributed by atoms with Gasteiger partial charge in [0.2, 0.25) is 11.8 Å². The van der Waals surface area contributed by atoms with E-state index in [1.54, 1.807) is 27.9 Å². The van der Waals surface area contributed by atoms with Crippen molar-refractivity contribution in [1.82, 2.24) is 20.5 Å². The van der Waals surface area contributed by atoms with E-state index in [1.165, 1.54) is 4.90 Å². The van der Waals surface area contributed by atoms with Crippen LogP contribution in [0.3, 0.4) is 0 Å². The number of likely N-dealkylation sites (tertiary alicyclic amines) is 1. The lowest BCUT2D eigenvalue weighted by atomic mass is 10.0. The van der Waals surface area contributed by atoms with Gasteiger partial charge in [0.05, 0.1) is 19.7 Å². The van der Waals surface area contributed by atoms with E-state index in [1.807, 2.05) is 25.1 Å². The molecule has 3 aliphatic rings. The number of carbonyl (C=O) groups excluding carboxylic acids is 3. The van der Waals surface area contributed by atoms with Crippen LogP contribution in [-0.4, -0.2) is 82.5 Å². The summed E-state index contributed by atoms with van der Waals surface area (Å²) in [6, 6.07) is 6.14. The third kappa shape index (κ3) is 7.68. The fourth-order valence-corrected chi connectivity index (χ4v) is 5.44. The average Bonchev–Trinajstić information content (AvgIpc) is 3.89. The lowest BCUT2D eigenvalue weighted by Crippen LogP contribution is -2.55. The monoisotopic (exact) mass is 596 g/mol. The van der Waals surface area contributed by atoms with E-state index in [9.17, 15) is 19.5 Å². The number of nitrogens with one attached hydrogen (secondary N) is 2. The first-order valence-electron chi connectivity index (χ1n) is 15.4. The van der Waals surface area contributed by atoms with Crippen LogP contribution in [0.25, 0.3) is 10.8 Å². The minimum atomic E-state index is -1.40. The summed E-state index contributed by atoms with van der Waals surface area (Å²) in [6.45, 7) is 7.33. The van der Waals surface area contributed by atoms with Crippen LogP contribution in [0.5, 0.6) is 11.6 Å². The number of aliphatic hydroxyl groups excluding tert-OH is 1. The third-order valence-corrected chi connectivity index (χ3v) is 7.99. The quantitative estimate of drug-likeness (QED) is 0.356. The Labute approximate surface area is 252 Å². The number of hydrogen-bond donors (Lipinski definition) is 3. The first kappa shape index (κ1) is 30.8. The van der Waals surface area contributed by atoms with Crippen molar-refractivity contribution in [2.24, 2.45) is 0 Å². The molecule has 2 heterocycles. The molecule has 43 heavy (non-hydrogen) atoms. The molecular formula is C32H44N4O7. The second-order valence-electron chi connectivity index (χ2n) is 13.0. The second kappa shape index (κ2) is 12.6. The number of amides is 3. The van der Waals surface area contributed by atoms with E-state index >= 15 is 0 Å². The number of carbonyl (C=O) groups is 3. The maximum Gasteiger partial charge on any atom is 0.411 e. The number of ether oxygens (including phenoxy) is 3. The standard InChI is InChI=1S/C32H44N4O7/c1-6-7-24(27(37)29(39)33-20-10-11-20)34-28(38)26-16-22(17-36(26)31(40)43-32(2,3)4)42-30-23-13-12-21(41-5)14-19(23)15-25(35-30)18-8-9-18/h12-15,18,20,22,24,26-27,37H,6-11,16-17H2,1-5H3,(H,33,39)(H,34,38)/t22-,24+,26+,27?/m1/s1. The Kier molecular flexibility index (Phi) is 9.01. The summed E-state index contributed by atoms with van der Waals surface area (Å²) < 4.78 is 17.5. The van der Waals surface area contributed by atoms with Crippen molar-refractivity contribution in [2.45, 2.75) is 114 Å². The fraction of sp³-hybridized carbons (Fsp3) is 0.625. The van der Waals surface area contributed by atoms with Crippen molar-refractivity contribution < 1.29 is 33.7 Å². The molecule has 0 bridgehead atoms. The molecule has 5 rings (SSSR count). The first-order chi connectivity index (χ1) is 20.5. The minimum absolute atomic E-state index is 0.0831. The Hall–Kier alpha value is -3.60. The van der Waals surface area contributed by atoms with Crippen molar-refractivity contribution in [1.29, 1.82) is 0 Å². The van der Waals surface area contributed by atoms with Gasteiger partial charge in [0.1, 0.15) is 23.5 Å². The predicted octanol–water partition coefficient (Wildman–Crippen LogP) is 3.80. The molecule has 4 atom stereocenters. The topological polar surface area (TPSA) is 139 Å². The Morgan fingerprint density at radius 2 is 1.88 bits per heavy atom. The van der Waals surface area contributed by atoms with Crippen LogP contribution in [0.4, 0.5) is 4.79 Å². The predicted molar refractivity (Wildman–Crippen MR) is 160 cm³/mol. The van der Waals surface area contributed by atoms with Crippen LogP contribution in [0.15, 0.2) is 24.3 Å². The molecule has 2 saturated carbocycles. The molecule has 2 aliphatic carbocycles. The van der Waals surface area contributed by atoms with Crippen LogP contribution >= 0.6 is 0 Å². The number of aliphatic hydroxyl groups is 1. The number of methoxy groups -OCH3 is 1. The van der Waals surface area contributed by atoms with Crippen LogP contribution in [-0.2, 0) is 14.3 Å². The van der Waals surface area contributed by atoms with Gasteiger partial charge in [-0.1, -0.05) is 13.3 Å². The van der Waals surface area contributed by atoms with Gasteiger partial charge < -0.3 is 30.0 Å². The summed E-state index contributed by atoms with van der Waals surface area (Å²) in [5.41, 5.74) is 0.182.